The van der Waals surface area contributed by atoms with Crippen LogP contribution in [0.1, 0.15) is 57.6 Å². The Hall–Kier alpha value is -3.05. The standard InChI is InChI=1S/C30H37FN2O6S/c1-20(2)28-30(40(38,39)32-15-6-7-16-32)27(21-8-4-3-5-9-21)29(22-10-12-23(31)13-11-22)33(28)17-14-24(34)18-25(35)19-26(36)37/h3-5,8-13,20,24-25,34-35H,6-7,14-19H2,1-2H3,(H,36,37)/t24-,25-/m1/s1. The average molecular weight is 573 g/mol. The summed E-state index contributed by atoms with van der Waals surface area (Å²) in [5.74, 6) is -1.80. The summed E-state index contributed by atoms with van der Waals surface area (Å²) in [4.78, 5) is 11.2. The van der Waals surface area contributed by atoms with Gasteiger partial charge in [-0.2, -0.15) is 4.31 Å². The molecule has 3 N–H and O–H groups in total. The second kappa shape index (κ2) is 12.6. The minimum atomic E-state index is -3.91. The molecule has 3 aromatic rings. The molecule has 0 unspecified atom stereocenters. The van der Waals surface area contributed by atoms with Gasteiger partial charge in [0.15, 0.2) is 0 Å². The Kier molecular flexibility index (Phi) is 9.45. The zero-order valence-electron chi connectivity index (χ0n) is 22.8. The van der Waals surface area contributed by atoms with Gasteiger partial charge in [-0.05, 0) is 67.0 Å². The van der Waals surface area contributed by atoms with Crippen molar-refractivity contribution in [2.75, 3.05) is 13.1 Å². The molecule has 1 saturated heterocycles. The lowest BCUT2D eigenvalue weighted by molar-refractivity contribution is -0.139. The van der Waals surface area contributed by atoms with E-state index in [4.69, 9.17) is 5.11 Å². The fourth-order valence-electron chi connectivity index (χ4n) is 5.51. The molecule has 2 heterocycles. The number of carbonyl (C=O) groups is 1. The van der Waals surface area contributed by atoms with E-state index in [2.05, 4.69) is 0 Å². The Balaban J connectivity index is 1.94. The zero-order chi connectivity index (χ0) is 29.0. The van der Waals surface area contributed by atoms with Crippen molar-refractivity contribution >= 4 is 16.0 Å². The SMILES string of the molecule is CC(C)c1c(S(=O)(=O)N2CCCC2)c(-c2ccccc2)c(-c2ccc(F)cc2)n1CC[C@@H](O)C[C@@H](O)CC(=O)O. The Morgan fingerprint density at radius 3 is 2.15 bits per heavy atom. The molecule has 4 rings (SSSR count). The lowest BCUT2D eigenvalue weighted by atomic mass is 10.0. The van der Waals surface area contributed by atoms with E-state index in [-0.39, 0.29) is 30.2 Å². The molecule has 0 radical (unpaired) electrons. The molecule has 2 aromatic carbocycles. The molecular weight excluding hydrogens is 535 g/mol. The number of aliphatic carboxylic acids is 1. The Bertz CT molecular complexity index is 1410. The first-order valence-corrected chi connectivity index (χ1v) is 15.1. The second-order valence-corrected chi connectivity index (χ2v) is 12.5. The van der Waals surface area contributed by atoms with E-state index < -0.39 is 40.4 Å². The summed E-state index contributed by atoms with van der Waals surface area (Å²) in [5, 5.41) is 29.7. The number of rotatable bonds is 12. The van der Waals surface area contributed by atoms with Crippen LogP contribution in [0.5, 0.6) is 0 Å². The molecule has 1 aromatic heterocycles. The molecule has 8 nitrogen and oxygen atoms in total. The van der Waals surface area contributed by atoms with Crippen molar-refractivity contribution in [3.8, 4) is 22.4 Å². The van der Waals surface area contributed by atoms with Crippen molar-refractivity contribution in [1.82, 2.24) is 8.87 Å². The van der Waals surface area contributed by atoms with Crippen LogP contribution in [0.3, 0.4) is 0 Å². The molecule has 0 spiro atoms. The summed E-state index contributed by atoms with van der Waals surface area (Å²) in [6.45, 7) is 4.92. The number of aromatic nitrogens is 1. The zero-order valence-corrected chi connectivity index (χ0v) is 23.6. The van der Waals surface area contributed by atoms with Crippen LogP contribution >= 0.6 is 0 Å². The van der Waals surface area contributed by atoms with Crippen LogP contribution in [0.15, 0.2) is 59.5 Å². The van der Waals surface area contributed by atoms with Crippen molar-refractivity contribution in [2.24, 2.45) is 0 Å². The molecule has 1 aliphatic heterocycles. The molecule has 1 aliphatic rings. The summed E-state index contributed by atoms with van der Waals surface area (Å²) in [6.07, 6.45) is -1.10. The summed E-state index contributed by atoms with van der Waals surface area (Å²) in [7, 11) is -3.91. The number of carboxylic acids is 1. The highest BCUT2D eigenvalue weighted by Crippen LogP contribution is 2.45. The summed E-state index contributed by atoms with van der Waals surface area (Å²) >= 11 is 0. The van der Waals surface area contributed by atoms with Gasteiger partial charge in [0.1, 0.15) is 10.7 Å². The Morgan fingerprint density at radius 1 is 0.950 bits per heavy atom. The van der Waals surface area contributed by atoms with E-state index in [1.54, 1.807) is 12.1 Å². The maximum Gasteiger partial charge on any atom is 0.305 e. The summed E-state index contributed by atoms with van der Waals surface area (Å²) in [6, 6.07) is 15.2. The van der Waals surface area contributed by atoms with Crippen molar-refractivity contribution in [1.29, 1.82) is 0 Å². The van der Waals surface area contributed by atoms with E-state index in [9.17, 15) is 27.8 Å². The van der Waals surface area contributed by atoms with Crippen LogP contribution < -0.4 is 0 Å². The Labute approximate surface area is 234 Å². The summed E-state index contributed by atoms with van der Waals surface area (Å²) in [5.41, 5.74) is 3.06. The Morgan fingerprint density at radius 2 is 1.57 bits per heavy atom. The van der Waals surface area contributed by atoms with Crippen LogP contribution in [-0.2, 0) is 21.4 Å². The monoisotopic (exact) mass is 572 g/mol. The van der Waals surface area contributed by atoms with Crippen LogP contribution in [0.25, 0.3) is 22.4 Å². The van der Waals surface area contributed by atoms with Crippen LogP contribution in [0.2, 0.25) is 0 Å². The highest BCUT2D eigenvalue weighted by atomic mass is 32.2. The molecule has 0 amide bonds. The van der Waals surface area contributed by atoms with Crippen LogP contribution in [0.4, 0.5) is 4.39 Å². The quantitative estimate of drug-likeness (QED) is 0.286. The predicted octanol–water partition coefficient (Wildman–Crippen LogP) is 4.85. The van der Waals surface area contributed by atoms with Gasteiger partial charge in [0.05, 0.1) is 24.3 Å². The number of halogens is 1. The second-order valence-electron chi connectivity index (χ2n) is 10.7. The molecular formula is C30H37FN2O6S. The third kappa shape index (κ3) is 6.46. The molecule has 40 heavy (non-hydrogen) atoms. The van der Waals surface area contributed by atoms with Gasteiger partial charge < -0.3 is 19.9 Å². The molecule has 10 heteroatoms. The summed E-state index contributed by atoms with van der Waals surface area (Å²) < 4.78 is 46.0. The van der Waals surface area contributed by atoms with E-state index in [0.717, 1.165) is 12.8 Å². The lowest BCUT2D eigenvalue weighted by Gasteiger charge is -2.21. The molecule has 216 valence electrons. The largest absolute Gasteiger partial charge is 0.481 e. The van der Waals surface area contributed by atoms with Crippen molar-refractivity contribution in [2.45, 2.75) is 75.5 Å². The van der Waals surface area contributed by atoms with Gasteiger partial charge in [-0.3, -0.25) is 4.79 Å². The molecule has 0 aliphatic carbocycles. The number of benzene rings is 2. The number of hydrogen-bond acceptors (Lipinski definition) is 5. The van der Waals surface area contributed by atoms with Crippen molar-refractivity contribution in [3.63, 3.8) is 0 Å². The minimum Gasteiger partial charge on any atom is -0.481 e. The van der Waals surface area contributed by atoms with Crippen molar-refractivity contribution < 1.29 is 32.9 Å². The van der Waals surface area contributed by atoms with Gasteiger partial charge in [-0.25, -0.2) is 12.8 Å². The highest BCUT2D eigenvalue weighted by Gasteiger charge is 2.38. The predicted molar refractivity (Wildman–Crippen MR) is 151 cm³/mol. The maximum atomic E-state index is 14.3. The molecule has 2 atom stereocenters. The van der Waals surface area contributed by atoms with E-state index >= 15 is 0 Å². The average Bonchev–Trinajstić information content (AvgIpc) is 3.56. The third-order valence-corrected chi connectivity index (χ3v) is 9.26. The van der Waals surface area contributed by atoms with Gasteiger partial charge in [0.2, 0.25) is 10.0 Å². The van der Waals surface area contributed by atoms with Gasteiger partial charge >= 0.3 is 5.97 Å². The third-order valence-electron chi connectivity index (χ3n) is 7.29. The molecule has 0 saturated carbocycles. The fourth-order valence-corrected chi connectivity index (χ4v) is 7.59. The van der Waals surface area contributed by atoms with Crippen LogP contribution in [-0.4, -0.2) is 63.9 Å². The fraction of sp³-hybridized carbons (Fsp3) is 0.433. The smallest absolute Gasteiger partial charge is 0.305 e. The number of hydrogen-bond donors (Lipinski definition) is 3. The first-order chi connectivity index (χ1) is 19.0. The maximum absolute atomic E-state index is 14.3. The first kappa shape index (κ1) is 29.9. The lowest BCUT2D eigenvalue weighted by Crippen LogP contribution is -2.29. The molecule has 0 bridgehead atoms. The minimum absolute atomic E-state index is 0.124. The number of carboxylic acid groups (broad SMARTS) is 1. The van der Waals surface area contributed by atoms with Gasteiger partial charge in [0, 0.05) is 30.9 Å². The number of aliphatic hydroxyl groups is 2. The normalized spacial score (nSPS) is 15.9. The number of sulfonamides is 1. The van der Waals surface area contributed by atoms with Crippen LogP contribution in [0, 0.1) is 5.82 Å². The van der Waals surface area contributed by atoms with Gasteiger partial charge in [0.25, 0.3) is 0 Å². The highest BCUT2D eigenvalue weighted by molar-refractivity contribution is 7.89. The topological polar surface area (TPSA) is 120 Å². The van der Waals surface area contributed by atoms with Gasteiger partial charge in [-0.1, -0.05) is 44.2 Å². The molecule has 1 fully saturated rings. The number of aliphatic hydroxyl groups excluding tert-OH is 2. The van der Waals surface area contributed by atoms with Crippen molar-refractivity contribution in [3.05, 3.63) is 66.1 Å². The first-order valence-electron chi connectivity index (χ1n) is 13.7. The van der Waals surface area contributed by atoms with E-state index in [1.165, 1.54) is 16.4 Å². The van der Waals surface area contributed by atoms with Gasteiger partial charge in [-0.15, -0.1) is 0 Å². The number of nitrogens with zero attached hydrogens (tertiary/aromatic N) is 2. The van der Waals surface area contributed by atoms with E-state index in [0.29, 0.717) is 41.2 Å². The van der Waals surface area contributed by atoms with E-state index in [1.807, 2.05) is 48.7 Å².